The van der Waals surface area contributed by atoms with Gasteiger partial charge in [0.2, 0.25) is 5.91 Å². The quantitative estimate of drug-likeness (QED) is 0.120. The highest BCUT2D eigenvalue weighted by atomic mass is 35.5. The summed E-state index contributed by atoms with van der Waals surface area (Å²) in [4.78, 5) is 69.4. The van der Waals surface area contributed by atoms with Crippen molar-refractivity contribution in [2.24, 2.45) is 62.6 Å². The van der Waals surface area contributed by atoms with Gasteiger partial charge in [-0.1, -0.05) is 86.0 Å². The number of phosphoric acid groups is 1. The third-order valence-electron chi connectivity index (χ3n) is 20.3. The maximum atomic E-state index is 14.9. The number of ether oxygens (including phenoxy) is 1. The molecule has 0 saturated heterocycles. The number of rotatable bonds is 14. The number of amides is 2. The largest absolute Gasteiger partial charge is 0.481 e. The number of fused-ring (bicyclic) bond motifs is 7. The van der Waals surface area contributed by atoms with E-state index in [0.29, 0.717) is 53.8 Å². The molecule has 2 aromatic rings. The molecule has 0 radical (unpaired) electrons. The number of nitrogens with zero attached hydrogens (tertiary/aromatic N) is 2. The van der Waals surface area contributed by atoms with Gasteiger partial charge in [0.05, 0.1) is 23.1 Å². The van der Waals surface area contributed by atoms with E-state index in [1.54, 1.807) is 30.3 Å². The number of aliphatic carboxylic acids is 1. The number of phosphoric ester groups is 1. The van der Waals surface area contributed by atoms with E-state index in [2.05, 4.69) is 64.2 Å². The molecule has 0 spiro atoms. The number of aromatic nitrogens is 2. The number of allylic oxidation sites excluding steroid dienone is 1. The zero-order valence-electron chi connectivity index (χ0n) is 43.4. The van der Waals surface area contributed by atoms with Crippen molar-refractivity contribution in [3.8, 4) is 11.3 Å². The predicted octanol–water partition coefficient (Wildman–Crippen LogP) is 10.3. The summed E-state index contributed by atoms with van der Waals surface area (Å²) in [6.45, 7) is 19.4. The number of carbonyl (C=O) groups is 5. The van der Waals surface area contributed by atoms with Crippen molar-refractivity contribution < 1.29 is 52.0 Å². The predicted molar refractivity (Wildman–Crippen MR) is 266 cm³/mol. The molecule has 7 aliphatic carbocycles. The van der Waals surface area contributed by atoms with Crippen molar-refractivity contribution in [1.29, 1.82) is 0 Å². The van der Waals surface area contributed by atoms with E-state index in [1.807, 2.05) is 13.8 Å². The minimum atomic E-state index is -3.95. The van der Waals surface area contributed by atoms with Crippen LogP contribution in [-0.2, 0) is 48.8 Å². The molecule has 71 heavy (non-hydrogen) atoms. The van der Waals surface area contributed by atoms with Crippen LogP contribution in [0.4, 0.5) is 0 Å². The molecule has 15 nitrogen and oxygen atoms in total. The smallest absolute Gasteiger partial charge is 0.476 e. The summed E-state index contributed by atoms with van der Waals surface area (Å²) < 4.78 is 36.0. The highest BCUT2D eigenvalue weighted by Gasteiger charge is 2.71. The van der Waals surface area contributed by atoms with Crippen LogP contribution < -0.4 is 10.6 Å². The summed E-state index contributed by atoms with van der Waals surface area (Å²) in [7, 11) is -1.57. The minimum Gasteiger partial charge on any atom is -0.481 e. The molecule has 6 fully saturated rings. The lowest BCUT2D eigenvalue weighted by atomic mass is 9.33. The van der Waals surface area contributed by atoms with E-state index in [-0.39, 0.29) is 69.4 Å². The molecule has 0 unspecified atom stereocenters. The number of benzene rings is 1. The number of hydrogen-bond donors (Lipinski definition) is 3. The summed E-state index contributed by atoms with van der Waals surface area (Å²) in [5.41, 5.74) is -0.240. The molecular formula is C54H74ClN4O11P. The van der Waals surface area contributed by atoms with Crippen LogP contribution in [0.2, 0.25) is 5.02 Å². The molecule has 1 aromatic heterocycles. The van der Waals surface area contributed by atoms with Gasteiger partial charge in [-0.25, -0.2) is 9.25 Å². The van der Waals surface area contributed by atoms with E-state index in [4.69, 9.17) is 29.9 Å². The molecule has 1 aromatic carbocycles. The first-order valence-corrected chi connectivity index (χ1v) is 27.6. The van der Waals surface area contributed by atoms with Crippen molar-refractivity contribution in [2.75, 3.05) is 14.2 Å². The first-order chi connectivity index (χ1) is 33.2. The fraction of sp³-hybridized carbons (Fsp3) is 0.704. The number of hydrogen-bond acceptors (Lipinski definition) is 11. The number of ketones is 1. The Labute approximate surface area is 423 Å². The van der Waals surface area contributed by atoms with Crippen LogP contribution in [0.25, 0.3) is 11.3 Å². The van der Waals surface area contributed by atoms with Crippen molar-refractivity contribution in [3.63, 3.8) is 0 Å². The molecular weight excluding hydrogens is 947 g/mol. The fourth-order valence-electron chi connectivity index (χ4n) is 15.8. The molecule has 10 atom stereocenters. The number of halogens is 1. The van der Waals surface area contributed by atoms with E-state index >= 15 is 0 Å². The lowest BCUT2D eigenvalue weighted by Gasteiger charge is -2.72. The zero-order valence-corrected chi connectivity index (χ0v) is 45.0. The van der Waals surface area contributed by atoms with Crippen molar-refractivity contribution in [3.05, 3.63) is 52.2 Å². The Kier molecular flexibility index (Phi) is 12.9. The number of Topliss-reactive ketones (excluding diaryl/α,β-unsaturated/α-hetero) is 1. The summed E-state index contributed by atoms with van der Waals surface area (Å²) in [6.07, 6.45) is 8.00. The molecule has 1 heterocycles. The van der Waals surface area contributed by atoms with Crippen LogP contribution >= 0.6 is 19.4 Å². The van der Waals surface area contributed by atoms with Gasteiger partial charge in [-0.15, -0.1) is 0 Å². The summed E-state index contributed by atoms with van der Waals surface area (Å²) in [5, 5.41) is 21.4. The SMILES string of the molecule is COP(=O)(OC)OCn1nc(-c2ccc(Cl)cc2)cc1C(=O)NC1(C(=O)N[C@@]23CC[C@]4(C)[C@H](CC[C@@H]5[C@@]6(C)CC[C@H](OC(=O)[C@H]7C[C@@H](C(=O)O)C7(C)C)C(C)(C)[C@@H]6CC[C@]54C)C2=C(C(C)C)C(=O)C3)CC1. The summed E-state index contributed by atoms with van der Waals surface area (Å²) in [5.74, 6) is -2.21. The average Bonchev–Trinajstić information content (AvgIpc) is 3.85. The lowest BCUT2D eigenvalue weighted by molar-refractivity contribution is -0.235. The molecule has 3 N–H and O–H groups in total. The number of nitrogens with one attached hydrogen (secondary N) is 2. The van der Waals surface area contributed by atoms with Gasteiger partial charge in [0.15, 0.2) is 12.5 Å². The monoisotopic (exact) mass is 1020 g/mol. The first kappa shape index (κ1) is 52.0. The number of carboxylic acids is 1. The van der Waals surface area contributed by atoms with Gasteiger partial charge in [-0.2, -0.15) is 5.10 Å². The van der Waals surface area contributed by atoms with E-state index in [1.165, 1.54) is 18.9 Å². The van der Waals surface area contributed by atoms with Gasteiger partial charge < -0.3 is 20.5 Å². The van der Waals surface area contributed by atoms with Crippen molar-refractivity contribution in [2.45, 2.75) is 163 Å². The van der Waals surface area contributed by atoms with E-state index < -0.39 is 54.8 Å². The molecule has 9 rings (SSSR count). The second-order valence-corrected chi connectivity index (χ2v) is 26.9. The van der Waals surface area contributed by atoms with Crippen LogP contribution in [0.3, 0.4) is 0 Å². The van der Waals surface area contributed by atoms with Gasteiger partial charge >= 0.3 is 19.8 Å². The maximum Gasteiger partial charge on any atom is 0.476 e. The van der Waals surface area contributed by atoms with Crippen molar-refractivity contribution >= 4 is 49.0 Å². The second-order valence-electron chi connectivity index (χ2n) is 24.5. The van der Waals surface area contributed by atoms with Crippen LogP contribution in [-0.4, -0.2) is 75.8 Å². The first-order valence-electron chi connectivity index (χ1n) is 25.7. The van der Waals surface area contributed by atoms with Gasteiger partial charge in [0.1, 0.15) is 17.3 Å². The Balaban J connectivity index is 0.951. The Morgan fingerprint density at radius 2 is 1.52 bits per heavy atom. The number of carbonyl (C=O) groups excluding carboxylic acids is 4. The van der Waals surface area contributed by atoms with Gasteiger partial charge in [-0.05, 0) is 145 Å². The summed E-state index contributed by atoms with van der Waals surface area (Å²) in [6, 6.07) is 8.52. The Morgan fingerprint density at radius 1 is 0.845 bits per heavy atom. The standard InChI is InChI=1S/C54H74ClN4O11P/c1-30(2)42-38(60)28-54(57-47(65)53(24-25-53)56-44(61)37-27-36(31-12-14-32(55)15-13-31)58-59(37)29-69-71(66,67-10)68-11)23-22-51(8)33(43(42)54)16-17-40-50(7)20-19-41(49(5,6)39(50)18-21-52(40,51)9)70-46(64)35-26-34(45(62)63)48(35,3)4/h12-15,27,30,33-35,39-41H,16-26,28-29H2,1-11H3,(H,56,61)(H,57,65)(H,62,63)/t33-,34+,35-,39+,40-,41+,50+,51-,52-,54-/m1/s1. The molecule has 6 saturated carbocycles. The number of carboxylic acid groups (broad SMARTS) is 1. The van der Waals surface area contributed by atoms with Crippen LogP contribution in [0.15, 0.2) is 41.5 Å². The van der Waals surface area contributed by atoms with Gasteiger partial charge in [0, 0.05) is 36.6 Å². The molecule has 2 amide bonds. The maximum absolute atomic E-state index is 14.9. The van der Waals surface area contributed by atoms with Gasteiger partial charge in [0.25, 0.3) is 5.91 Å². The van der Waals surface area contributed by atoms with Crippen LogP contribution in [0, 0.1) is 62.6 Å². The Hall–Kier alpha value is -3.88. The van der Waals surface area contributed by atoms with E-state index in [0.717, 1.165) is 56.1 Å². The van der Waals surface area contributed by atoms with Crippen LogP contribution in [0.5, 0.6) is 0 Å². The molecule has 0 aliphatic heterocycles. The van der Waals surface area contributed by atoms with Crippen LogP contribution in [0.1, 0.15) is 150 Å². The topological polar surface area (TPSA) is 201 Å². The minimum absolute atomic E-state index is 0.0259. The number of esters is 1. The Bertz CT molecular complexity index is 2610. The molecule has 388 valence electrons. The normalized spacial score (nSPS) is 35.3. The third kappa shape index (κ3) is 8.11. The summed E-state index contributed by atoms with van der Waals surface area (Å²) >= 11 is 6.16. The van der Waals surface area contributed by atoms with E-state index in [9.17, 15) is 33.6 Å². The Morgan fingerprint density at radius 3 is 2.13 bits per heavy atom. The molecule has 17 heteroatoms. The second kappa shape index (κ2) is 17.6. The molecule has 7 aliphatic rings. The van der Waals surface area contributed by atoms with Gasteiger partial charge in [-0.3, -0.25) is 37.5 Å². The zero-order chi connectivity index (χ0) is 51.6. The lowest BCUT2D eigenvalue weighted by Crippen LogP contribution is -2.68. The van der Waals surface area contributed by atoms with Crippen molar-refractivity contribution in [1.82, 2.24) is 20.4 Å². The molecule has 0 bridgehead atoms. The third-order valence-corrected chi connectivity index (χ3v) is 21.9. The average molecular weight is 1020 g/mol. The fourth-order valence-corrected chi connectivity index (χ4v) is 16.6. The highest BCUT2D eigenvalue weighted by Crippen LogP contribution is 2.76. The highest BCUT2D eigenvalue weighted by molar-refractivity contribution is 7.48.